The topological polar surface area (TPSA) is 45.5 Å². The average molecular weight is 162 g/mol. The van der Waals surface area contributed by atoms with Gasteiger partial charge in [0.05, 0.1) is 0 Å². The Labute approximate surface area is 65.0 Å². The van der Waals surface area contributed by atoms with E-state index in [1.165, 1.54) is 12.0 Å². The molecule has 0 radical (unpaired) electrons. The zero-order chi connectivity index (χ0) is 8.91. The van der Waals surface area contributed by atoms with E-state index in [9.17, 15) is 4.53 Å². The van der Waals surface area contributed by atoms with Gasteiger partial charge in [-0.1, -0.05) is 0 Å². The van der Waals surface area contributed by atoms with Crippen molar-refractivity contribution in [2.24, 2.45) is 0 Å². The maximum atomic E-state index is 11.5. The number of nitriles is 1. The van der Waals surface area contributed by atoms with Crippen molar-refractivity contribution in [1.29, 1.82) is 5.26 Å². The van der Waals surface area contributed by atoms with Crippen LogP contribution in [-0.2, 0) is 9.68 Å². The van der Waals surface area contributed by atoms with Gasteiger partial charge in [0.1, 0.15) is 12.7 Å². The molecule has 0 aliphatic rings. The summed E-state index contributed by atoms with van der Waals surface area (Å²) in [4.78, 5) is 4.80. The molecule has 0 aromatic rings. The summed E-state index contributed by atoms with van der Waals surface area (Å²) >= 11 is 0. The Hall–Kier alpha value is -0.700. The molecule has 4 nitrogen and oxygen atoms in total. The summed E-state index contributed by atoms with van der Waals surface area (Å²) in [6.07, 6.45) is 0. The van der Waals surface area contributed by atoms with E-state index >= 15 is 0 Å². The summed E-state index contributed by atoms with van der Waals surface area (Å²) in [6.45, 7) is -0.424. The molecule has 11 heavy (non-hydrogen) atoms. The number of ether oxygens (including phenoxy) is 1. The first-order valence-corrected chi connectivity index (χ1v) is 3.00. The first kappa shape index (κ1) is 10.3. The Bertz CT molecular complexity index is 157. The molecule has 0 aliphatic heterocycles. The van der Waals surface area contributed by atoms with Crippen LogP contribution in [0.25, 0.3) is 0 Å². The monoisotopic (exact) mass is 162 g/mol. The van der Waals surface area contributed by atoms with Crippen molar-refractivity contribution >= 4 is 0 Å². The van der Waals surface area contributed by atoms with Crippen molar-refractivity contribution in [3.8, 4) is 6.07 Å². The molecule has 0 saturated heterocycles. The number of halogens is 1. The van der Waals surface area contributed by atoms with Crippen LogP contribution in [0.5, 0.6) is 0 Å². The SMILES string of the molecule is COC(C#N)(COF)N(C)C. The predicted octanol–water partition coefficient (Wildman–Crippen LogP) is 0.315. The van der Waals surface area contributed by atoms with E-state index in [4.69, 9.17) is 10.00 Å². The van der Waals surface area contributed by atoms with Crippen molar-refractivity contribution < 1.29 is 14.2 Å². The lowest BCUT2D eigenvalue weighted by molar-refractivity contribution is -0.209. The third kappa shape index (κ3) is 2.12. The van der Waals surface area contributed by atoms with Crippen molar-refractivity contribution in [2.75, 3.05) is 27.8 Å². The van der Waals surface area contributed by atoms with Gasteiger partial charge in [-0.15, -0.1) is 0 Å². The molecule has 0 heterocycles. The molecule has 0 fully saturated rings. The molecule has 0 N–H and O–H groups in total. The Morgan fingerprint density at radius 1 is 1.64 bits per heavy atom. The first-order valence-electron chi connectivity index (χ1n) is 3.00. The second-order valence-electron chi connectivity index (χ2n) is 2.25. The minimum absolute atomic E-state index is 0.424. The molecule has 0 amide bonds. The number of likely N-dealkylation sites (N-methyl/N-ethyl adjacent to an activating group) is 1. The average Bonchev–Trinajstić information content (AvgIpc) is 2.00. The third-order valence-corrected chi connectivity index (χ3v) is 1.48. The Kier molecular flexibility index (Phi) is 3.97. The first-order chi connectivity index (χ1) is 5.13. The minimum atomic E-state index is -1.32. The normalized spacial score (nSPS) is 16.0. The molecule has 5 heteroatoms. The molecule has 0 aromatic heterocycles. The molecule has 0 aliphatic carbocycles. The second kappa shape index (κ2) is 4.23. The highest BCUT2D eigenvalue weighted by molar-refractivity contribution is 4.99. The zero-order valence-corrected chi connectivity index (χ0v) is 6.80. The van der Waals surface area contributed by atoms with Gasteiger partial charge in [-0.25, -0.2) is 0 Å². The number of nitrogens with zero attached hydrogens (tertiary/aromatic N) is 2. The van der Waals surface area contributed by atoms with E-state index in [2.05, 4.69) is 4.94 Å². The van der Waals surface area contributed by atoms with Crippen LogP contribution in [0.2, 0.25) is 0 Å². The van der Waals surface area contributed by atoms with Gasteiger partial charge < -0.3 is 4.74 Å². The van der Waals surface area contributed by atoms with E-state index in [0.717, 1.165) is 0 Å². The maximum Gasteiger partial charge on any atom is 0.237 e. The number of methoxy groups -OCH3 is 1. The summed E-state index contributed by atoms with van der Waals surface area (Å²) in [5.41, 5.74) is -1.32. The molecule has 1 unspecified atom stereocenters. The summed E-state index contributed by atoms with van der Waals surface area (Å²) in [7, 11) is 4.53. The van der Waals surface area contributed by atoms with Gasteiger partial charge in [-0.05, 0) is 18.6 Å². The summed E-state index contributed by atoms with van der Waals surface area (Å²) in [6, 6.07) is 1.80. The number of hydrogen-bond acceptors (Lipinski definition) is 4. The molecule has 0 bridgehead atoms. The van der Waals surface area contributed by atoms with Crippen molar-refractivity contribution in [2.45, 2.75) is 5.72 Å². The molecule has 1 atom stereocenters. The van der Waals surface area contributed by atoms with E-state index in [1.807, 2.05) is 0 Å². The van der Waals surface area contributed by atoms with E-state index in [0.29, 0.717) is 0 Å². The molecule has 0 saturated carbocycles. The van der Waals surface area contributed by atoms with E-state index in [1.54, 1.807) is 20.2 Å². The van der Waals surface area contributed by atoms with Crippen LogP contribution >= 0.6 is 0 Å². The Morgan fingerprint density at radius 3 is 2.27 bits per heavy atom. The van der Waals surface area contributed by atoms with Gasteiger partial charge in [0, 0.05) is 7.11 Å². The minimum Gasteiger partial charge on any atom is -0.349 e. The molecule has 0 aromatic carbocycles. The Balaban J connectivity index is 4.36. The van der Waals surface area contributed by atoms with Crippen LogP contribution < -0.4 is 0 Å². The number of hydrogen-bond donors (Lipinski definition) is 0. The Morgan fingerprint density at radius 2 is 2.18 bits per heavy atom. The lowest BCUT2D eigenvalue weighted by Crippen LogP contribution is -2.48. The van der Waals surface area contributed by atoms with Crippen LogP contribution in [0, 0.1) is 11.3 Å². The van der Waals surface area contributed by atoms with Crippen molar-refractivity contribution in [1.82, 2.24) is 4.90 Å². The van der Waals surface area contributed by atoms with Gasteiger partial charge in [0.2, 0.25) is 5.72 Å². The molecular weight excluding hydrogens is 151 g/mol. The van der Waals surface area contributed by atoms with Crippen LogP contribution in [-0.4, -0.2) is 38.4 Å². The smallest absolute Gasteiger partial charge is 0.237 e. The molecule has 64 valence electrons. The molecular formula is C6H11FN2O2. The fourth-order valence-corrected chi connectivity index (χ4v) is 0.622. The second-order valence-corrected chi connectivity index (χ2v) is 2.25. The fraction of sp³-hybridized carbons (Fsp3) is 0.833. The largest absolute Gasteiger partial charge is 0.349 e. The van der Waals surface area contributed by atoms with Gasteiger partial charge in [0.25, 0.3) is 0 Å². The fourth-order valence-electron chi connectivity index (χ4n) is 0.622. The summed E-state index contributed by atoms with van der Waals surface area (Å²) in [5.74, 6) is 0. The highest BCUT2D eigenvalue weighted by Crippen LogP contribution is 2.12. The molecule has 0 rings (SSSR count). The van der Waals surface area contributed by atoms with Gasteiger partial charge in [-0.2, -0.15) is 10.2 Å². The van der Waals surface area contributed by atoms with E-state index < -0.39 is 12.3 Å². The number of rotatable bonds is 4. The predicted molar refractivity (Wildman–Crippen MR) is 36.1 cm³/mol. The van der Waals surface area contributed by atoms with Crippen LogP contribution in [0.1, 0.15) is 0 Å². The molecule has 0 spiro atoms. The van der Waals surface area contributed by atoms with Gasteiger partial charge in [0.15, 0.2) is 0 Å². The third-order valence-electron chi connectivity index (χ3n) is 1.48. The summed E-state index contributed by atoms with van der Waals surface area (Å²) < 4.78 is 16.3. The summed E-state index contributed by atoms with van der Waals surface area (Å²) in [5, 5.41) is 8.61. The quantitative estimate of drug-likeness (QED) is 0.558. The van der Waals surface area contributed by atoms with Crippen molar-refractivity contribution in [3.05, 3.63) is 0 Å². The van der Waals surface area contributed by atoms with E-state index in [-0.39, 0.29) is 0 Å². The lowest BCUT2D eigenvalue weighted by Gasteiger charge is -2.29. The van der Waals surface area contributed by atoms with Crippen molar-refractivity contribution in [3.63, 3.8) is 0 Å². The van der Waals surface area contributed by atoms with Gasteiger partial charge >= 0.3 is 0 Å². The highest BCUT2D eigenvalue weighted by atomic mass is 19.3. The van der Waals surface area contributed by atoms with Crippen LogP contribution in [0.4, 0.5) is 4.53 Å². The zero-order valence-electron chi connectivity index (χ0n) is 6.80. The maximum absolute atomic E-state index is 11.5. The van der Waals surface area contributed by atoms with Gasteiger partial charge in [-0.3, -0.25) is 4.90 Å². The standard InChI is InChI=1S/C6H11FN2O2/c1-9(2)6(4-8,10-3)5-11-7/h5H2,1-3H3. The highest BCUT2D eigenvalue weighted by Gasteiger charge is 2.33. The van der Waals surface area contributed by atoms with Crippen LogP contribution in [0.3, 0.4) is 0 Å². The van der Waals surface area contributed by atoms with Crippen LogP contribution in [0.15, 0.2) is 0 Å². The lowest BCUT2D eigenvalue weighted by atomic mass is 10.2.